The second-order valence-corrected chi connectivity index (χ2v) is 7.37. The zero-order valence-electron chi connectivity index (χ0n) is 14.3. The Hall–Kier alpha value is -2.68. The maximum Gasteiger partial charge on any atom is 0.416 e. The van der Waals surface area contributed by atoms with Crippen molar-refractivity contribution in [2.45, 2.75) is 12.1 Å². The minimum atomic E-state index is -4.44. The molecule has 0 radical (unpaired) electrons. The highest BCUT2D eigenvalue weighted by Gasteiger charge is 2.36. The summed E-state index contributed by atoms with van der Waals surface area (Å²) in [6, 6.07) is 11.9. The van der Waals surface area contributed by atoms with Gasteiger partial charge in [-0.3, -0.25) is 4.79 Å². The molecule has 1 amide bonds. The van der Waals surface area contributed by atoms with E-state index in [4.69, 9.17) is 4.52 Å². The van der Waals surface area contributed by atoms with Crippen molar-refractivity contribution in [3.05, 3.63) is 70.0 Å². The molecule has 144 valence electrons. The number of likely N-dealkylation sites (tertiary alicyclic amines) is 1. The van der Waals surface area contributed by atoms with E-state index in [1.54, 1.807) is 23.1 Å². The summed E-state index contributed by atoms with van der Waals surface area (Å²) in [5.74, 6) is 0.168. The van der Waals surface area contributed by atoms with E-state index in [0.29, 0.717) is 24.5 Å². The van der Waals surface area contributed by atoms with Gasteiger partial charge in [0, 0.05) is 28.7 Å². The molecule has 0 spiro atoms. The van der Waals surface area contributed by atoms with Crippen LogP contribution in [0.5, 0.6) is 0 Å². The van der Waals surface area contributed by atoms with Crippen LogP contribution in [0.3, 0.4) is 0 Å². The molecule has 1 aromatic heterocycles. The fraction of sp³-hybridized carbons (Fsp3) is 0.211. The molecule has 0 unspecified atom stereocenters. The number of alkyl halides is 3. The minimum Gasteiger partial charge on any atom is -0.339 e. The molecule has 5 nitrogen and oxygen atoms in total. The van der Waals surface area contributed by atoms with Gasteiger partial charge in [-0.2, -0.15) is 18.2 Å². The molecule has 3 aromatic rings. The van der Waals surface area contributed by atoms with Gasteiger partial charge in [0.1, 0.15) is 0 Å². The average molecular weight is 452 g/mol. The van der Waals surface area contributed by atoms with Crippen LogP contribution in [0.15, 0.2) is 57.5 Å². The van der Waals surface area contributed by atoms with Crippen molar-refractivity contribution >= 4 is 21.8 Å². The van der Waals surface area contributed by atoms with Gasteiger partial charge in [0.2, 0.25) is 11.7 Å². The lowest BCUT2D eigenvalue weighted by molar-refractivity contribution is -0.137. The first-order valence-corrected chi connectivity index (χ1v) is 9.16. The Morgan fingerprint density at radius 3 is 2.61 bits per heavy atom. The van der Waals surface area contributed by atoms with Crippen molar-refractivity contribution in [1.29, 1.82) is 0 Å². The predicted octanol–water partition coefficient (Wildman–Crippen LogP) is 4.76. The number of halogens is 4. The van der Waals surface area contributed by atoms with E-state index in [9.17, 15) is 18.0 Å². The van der Waals surface area contributed by atoms with E-state index in [2.05, 4.69) is 26.1 Å². The van der Waals surface area contributed by atoms with E-state index in [-0.39, 0.29) is 23.2 Å². The summed E-state index contributed by atoms with van der Waals surface area (Å²) < 4.78 is 44.6. The molecule has 1 aliphatic heterocycles. The van der Waals surface area contributed by atoms with Crippen molar-refractivity contribution in [2.75, 3.05) is 13.1 Å². The lowest BCUT2D eigenvalue weighted by Gasteiger charge is -2.37. The molecule has 0 bridgehead atoms. The van der Waals surface area contributed by atoms with E-state index < -0.39 is 11.7 Å². The van der Waals surface area contributed by atoms with Crippen LogP contribution in [-0.2, 0) is 6.18 Å². The SMILES string of the molecule is O=C(c1cccc(Br)c1)N1CC(c2nc(-c3cccc(C(F)(F)F)c3)no2)C1. The molecule has 2 heterocycles. The van der Waals surface area contributed by atoms with E-state index >= 15 is 0 Å². The number of aromatic nitrogens is 2. The van der Waals surface area contributed by atoms with Crippen LogP contribution in [0, 0.1) is 0 Å². The Morgan fingerprint density at radius 2 is 1.89 bits per heavy atom. The number of amides is 1. The molecule has 2 aromatic carbocycles. The third-order valence-corrected chi connectivity index (χ3v) is 4.97. The van der Waals surface area contributed by atoms with Crippen molar-refractivity contribution < 1.29 is 22.5 Å². The molecular weight excluding hydrogens is 439 g/mol. The number of carbonyl (C=O) groups is 1. The quantitative estimate of drug-likeness (QED) is 0.575. The largest absolute Gasteiger partial charge is 0.416 e. The summed E-state index contributed by atoms with van der Waals surface area (Å²) in [5, 5.41) is 3.79. The summed E-state index contributed by atoms with van der Waals surface area (Å²) in [7, 11) is 0. The van der Waals surface area contributed by atoms with Gasteiger partial charge in [-0.25, -0.2) is 0 Å². The number of rotatable bonds is 3. The molecule has 1 saturated heterocycles. The molecule has 0 N–H and O–H groups in total. The van der Waals surface area contributed by atoms with Crippen molar-refractivity contribution in [1.82, 2.24) is 15.0 Å². The number of hydrogen-bond donors (Lipinski definition) is 0. The predicted molar refractivity (Wildman–Crippen MR) is 97.5 cm³/mol. The smallest absolute Gasteiger partial charge is 0.339 e. The van der Waals surface area contributed by atoms with E-state index in [1.165, 1.54) is 12.1 Å². The van der Waals surface area contributed by atoms with Crippen LogP contribution >= 0.6 is 15.9 Å². The van der Waals surface area contributed by atoms with Gasteiger partial charge in [-0.15, -0.1) is 0 Å². The molecule has 0 atom stereocenters. The first-order valence-electron chi connectivity index (χ1n) is 8.37. The second kappa shape index (κ2) is 7.05. The number of nitrogens with zero attached hydrogens (tertiary/aromatic N) is 3. The fourth-order valence-electron chi connectivity index (χ4n) is 2.96. The zero-order chi connectivity index (χ0) is 19.9. The van der Waals surface area contributed by atoms with Crippen molar-refractivity contribution in [3.8, 4) is 11.4 Å². The van der Waals surface area contributed by atoms with Gasteiger partial charge in [-0.1, -0.05) is 39.3 Å². The van der Waals surface area contributed by atoms with Gasteiger partial charge in [-0.05, 0) is 30.3 Å². The second-order valence-electron chi connectivity index (χ2n) is 6.45. The van der Waals surface area contributed by atoms with Gasteiger partial charge < -0.3 is 9.42 Å². The molecule has 0 aliphatic carbocycles. The maximum absolute atomic E-state index is 12.9. The highest BCUT2D eigenvalue weighted by molar-refractivity contribution is 9.10. The third-order valence-electron chi connectivity index (χ3n) is 4.48. The fourth-order valence-corrected chi connectivity index (χ4v) is 3.36. The maximum atomic E-state index is 12.9. The summed E-state index contributed by atoms with van der Waals surface area (Å²) in [6.07, 6.45) is -4.44. The molecule has 28 heavy (non-hydrogen) atoms. The first kappa shape index (κ1) is 18.7. The average Bonchev–Trinajstić information content (AvgIpc) is 3.09. The van der Waals surface area contributed by atoms with Crippen LogP contribution in [0.1, 0.15) is 27.7 Å². The van der Waals surface area contributed by atoms with Crippen LogP contribution in [0.25, 0.3) is 11.4 Å². The molecule has 1 fully saturated rings. The Balaban J connectivity index is 1.45. The third kappa shape index (κ3) is 3.66. The Morgan fingerprint density at radius 1 is 1.14 bits per heavy atom. The zero-order valence-corrected chi connectivity index (χ0v) is 15.9. The summed E-state index contributed by atoms with van der Waals surface area (Å²) >= 11 is 3.34. The van der Waals surface area contributed by atoms with Crippen molar-refractivity contribution in [3.63, 3.8) is 0 Å². The molecule has 4 rings (SSSR count). The lowest BCUT2D eigenvalue weighted by atomic mass is 9.98. The van der Waals surface area contributed by atoms with Gasteiger partial charge in [0.25, 0.3) is 5.91 Å². The molecule has 0 saturated carbocycles. The normalized spacial score (nSPS) is 14.8. The lowest BCUT2D eigenvalue weighted by Crippen LogP contribution is -2.48. The number of carbonyl (C=O) groups excluding carboxylic acids is 1. The summed E-state index contributed by atoms with van der Waals surface area (Å²) in [6.45, 7) is 0.825. The summed E-state index contributed by atoms with van der Waals surface area (Å²) in [5.41, 5.74) is 0.0278. The summed E-state index contributed by atoms with van der Waals surface area (Å²) in [4.78, 5) is 18.3. The van der Waals surface area contributed by atoms with Crippen LogP contribution in [-0.4, -0.2) is 34.0 Å². The molecule has 1 aliphatic rings. The van der Waals surface area contributed by atoms with Crippen LogP contribution < -0.4 is 0 Å². The molecular formula is C19H13BrF3N3O2. The first-order chi connectivity index (χ1) is 13.3. The minimum absolute atomic E-state index is 0.0952. The van der Waals surface area contributed by atoms with E-state index in [1.807, 2.05) is 6.07 Å². The Bertz CT molecular complexity index is 1030. The number of hydrogen-bond acceptors (Lipinski definition) is 4. The van der Waals surface area contributed by atoms with Crippen LogP contribution in [0.2, 0.25) is 0 Å². The topological polar surface area (TPSA) is 59.2 Å². The highest BCUT2D eigenvalue weighted by atomic mass is 79.9. The highest BCUT2D eigenvalue weighted by Crippen LogP contribution is 2.33. The van der Waals surface area contributed by atoms with Gasteiger partial charge in [0.15, 0.2) is 0 Å². The van der Waals surface area contributed by atoms with Gasteiger partial charge in [0.05, 0.1) is 11.5 Å². The Labute approximate surface area is 166 Å². The van der Waals surface area contributed by atoms with Gasteiger partial charge >= 0.3 is 6.18 Å². The molecule has 9 heteroatoms. The standard InChI is InChI=1S/C19H13BrF3N3O2/c20-15-6-2-4-12(8-15)18(27)26-9-13(10-26)17-24-16(25-28-17)11-3-1-5-14(7-11)19(21,22)23/h1-8,13H,9-10H2. The monoisotopic (exact) mass is 451 g/mol. The Kier molecular flexibility index (Phi) is 4.70. The number of benzene rings is 2. The van der Waals surface area contributed by atoms with E-state index in [0.717, 1.165) is 16.6 Å². The van der Waals surface area contributed by atoms with Crippen molar-refractivity contribution in [2.24, 2.45) is 0 Å². The van der Waals surface area contributed by atoms with Crippen LogP contribution in [0.4, 0.5) is 13.2 Å².